The van der Waals surface area contributed by atoms with Gasteiger partial charge in [0, 0.05) is 22.0 Å². The third-order valence-corrected chi connectivity index (χ3v) is 2.39. The van der Waals surface area contributed by atoms with Crippen LogP contribution in [-0.4, -0.2) is 4.98 Å². The topological polar surface area (TPSA) is 32.9 Å². The van der Waals surface area contributed by atoms with Crippen LogP contribution in [0.15, 0.2) is 29.2 Å². The van der Waals surface area contributed by atoms with Crippen LogP contribution in [0.1, 0.15) is 5.56 Å². The molecule has 2 aromatic rings. The van der Waals surface area contributed by atoms with Crippen LogP contribution in [0.2, 0.25) is 5.02 Å². The second-order valence-corrected chi connectivity index (χ2v) is 3.37. The van der Waals surface area contributed by atoms with Crippen LogP contribution >= 0.6 is 11.6 Å². The molecule has 3 heteroatoms. The molecule has 0 saturated carbocycles. The molecule has 1 N–H and O–H groups in total. The van der Waals surface area contributed by atoms with Crippen molar-refractivity contribution in [3.05, 3.63) is 45.3 Å². The van der Waals surface area contributed by atoms with E-state index in [-0.39, 0.29) is 5.56 Å². The van der Waals surface area contributed by atoms with Crippen LogP contribution in [-0.2, 0) is 0 Å². The average molecular weight is 194 g/mol. The monoisotopic (exact) mass is 193 g/mol. The number of rotatable bonds is 0. The smallest absolute Gasteiger partial charge is 0.255 e. The van der Waals surface area contributed by atoms with E-state index in [1.165, 1.54) is 0 Å². The number of benzene rings is 1. The summed E-state index contributed by atoms with van der Waals surface area (Å²) in [6, 6.07) is 5.34. The summed E-state index contributed by atoms with van der Waals surface area (Å²) < 4.78 is 0. The minimum absolute atomic E-state index is 0.0944. The van der Waals surface area contributed by atoms with Gasteiger partial charge < -0.3 is 4.98 Å². The molecule has 1 aromatic carbocycles. The molecule has 0 unspecified atom stereocenters. The first-order valence-corrected chi connectivity index (χ1v) is 4.34. The first-order chi connectivity index (χ1) is 6.20. The minimum Gasteiger partial charge on any atom is -0.328 e. The van der Waals surface area contributed by atoms with Gasteiger partial charge in [0.1, 0.15) is 0 Å². The second kappa shape index (κ2) is 2.89. The predicted molar refractivity (Wildman–Crippen MR) is 54.3 cm³/mol. The fourth-order valence-electron chi connectivity index (χ4n) is 1.44. The van der Waals surface area contributed by atoms with Crippen molar-refractivity contribution in [2.75, 3.05) is 0 Å². The maximum atomic E-state index is 11.4. The zero-order valence-electron chi connectivity index (χ0n) is 7.10. The van der Waals surface area contributed by atoms with Crippen molar-refractivity contribution in [1.82, 2.24) is 4.98 Å². The SMILES string of the molecule is Cc1c[nH]c(=O)c2cccc(Cl)c12. The Balaban J connectivity index is 3.09. The van der Waals surface area contributed by atoms with Gasteiger partial charge in [-0.2, -0.15) is 0 Å². The van der Waals surface area contributed by atoms with Crippen LogP contribution < -0.4 is 5.56 Å². The lowest BCUT2D eigenvalue weighted by Gasteiger charge is -2.01. The normalized spacial score (nSPS) is 10.6. The summed E-state index contributed by atoms with van der Waals surface area (Å²) in [4.78, 5) is 14.0. The third-order valence-electron chi connectivity index (χ3n) is 2.07. The number of aromatic amines is 1. The highest BCUT2D eigenvalue weighted by Gasteiger charge is 2.03. The highest BCUT2D eigenvalue weighted by molar-refractivity contribution is 6.35. The average Bonchev–Trinajstić information content (AvgIpc) is 2.12. The van der Waals surface area contributed by atoms with Crippen molar-refractivity contribution in [1.29, 1.82) is 0 Å². The van der Waals surface area contributed by atoms with E-state index in [4.69, 9.17) is 11.6 Å². The highest BCUT2D eigenvalue weighted by Crippen LogP contribution is 2.22. The van der Waals surface area contributed by atoms with Crippen LogP contribution in [0.3, 0.4) is 0 Å². The van der Waals surface area contributed by atoms with Crippen molar-refractivity contribution < 1.29 is 0 Å². The number of pyridine rings is 1. The molecule has 0 radical (unpaired) electrons. The lowest BCUT2D eigenvalue weighted by Crippen LogP contribution is -2.05. The van der Waals surface area contributed by atoms with Crippen molar-refractivity contribution in [3.63, 3.8) is 0 Å². The molecule has 1 heterocycles. The maximum Gasteiger partial charge on any atom is 0.255 e. The highest BCUT2D eigenvalue weighted by atomic mass is 35.5. The molecule has 0 fully saturated rings. The first-order valence-electron chi connectivity index (χ1n) is 3.96. The Kier molecular flexibility index (Phi) is 1.85. The number of halogens is 1. The summed E-state index contributed by atoms with van der Waals surface area (Å²) in [5, 5.41) is 2.11. The molecule has 0 amide bonds. The standard InChI is InChI=1S/C10H8ClNO/c1-6-5-12-10(13)7-3-2-4-8(11)9(6)7/h2-5H,1H3,(H,12,13). The molecule has 0 bridgehead atoms. The summed E-state index contributed by atoms with van der Waals surface area (Å²) >= 11 is 5.98. The van der Waals surface area contributed by atoms with Crippen molar-refractivity contribution in [2.24, 2.45) is 0 Å². The van der Waals surface area contributed by atoms with E-state index in [9.17, 15) is 4.79 Å². The Bertz CT molecular complexity index is 508. The quantitative estimate of drug-likeness (QED) is 0.685. The van der Waals surface area contributed by atoms with E-state index in [1.54, 1.807) is 24.4 Å². The number of nitrogens with one attached hydrogen (secondary N) is 1. The van der Waals surface area contributed by atoms with Gasteiger partial charge in [-0.25, -0.2) is 0 Å². The summed E-state index contributed by atoms with van der Waals surface area (Å²) in [6.45, 7) is 1.92. The summed E-state index contributed by atoms with van der Waals surface area (Å²) in [6.07, 6.45) is 1.68. The molecule has 0 aliphatic heterocycles. The number of aromatic nitrogens is 1. The molecular weight excluding hydrogens is 186 g/mol. The molecule has 0 aliphatic carbocycles. The van der Waals surface area contributed by atoms with Crippen LogP contribution in [0.25, 0.3) is 10.8 Å². The maximum absolute atomic E-state index is 11.4. The molecular formula is C10H8ClNO. The fourth-order valence-corrected chi connectivity index (χ4v) is 1.76. The number of hydrogen-bond acceptors (Lipinski definition) is 1. The van der Waals surface area contributed by atoms with Gasteiger partial charge in [-0.05, 0) is 24.6 Å². The molecule has 13 heavy (non-hydrogen) atoms. The van der Waals surface area contributed by atoms with E-state index in [0.717, 1.165) is 10.9 Å². The van der Waals surface area contributed by atoms with Crippen LogP contribution in [0, 0.1) is 6.92 Å². The third kappa shape index (κ3) is 1.23. The molecule has 0 saturated heterocycles. The van der Waals surface area contributed by atoms with Gasteiger partial charge in [0.15, 0.2) is 0 Å². The number of fused-ring (bicyclic) bond motifs is 1. The van der Waals surface area contributed by atoms with Crippen molar-refractivity contribution >= 4 is 22.4 Å². The molecule has 0 spiro atoms. The van der Waals surface area contributed by atoms with Crippen molar-refractivity contribution in [2.45, 2.75) is 6.92 Å². The van der Waals surface area contributed by atoms with Gasteiger partial charge in [0.05, 0.1) is 0 Å². The van der Waals surface area contributed by atoms with Gasteiger partial charge in [0.25, 0.3) is 5.56 Å². The molecule has 2 rings (SSSR count). The van der Waals surface area contributed by atoms with E-state index in [2.05, 4.69) is 4.98 Å². The van der Waals surface area contributed by atoms with Gasteiger partial charge in [-0.3, -0.25) is 4.79 Å². The Morgan fingerprint density at radius 1 is 1.38 bits per heavy atom. The minimum atomic E-state index is -0.0944. The Hall–Kier alpha value is -1.28. The second-order valence-electron chi connectivity index (χ2n) is 2.96. The molecule has 0 atom stereocenters. The van der Waals surface area contributed by atoms with E-state index < -0.39 is 0 Å². The molecule has 1 aromatic heterocycles. The lowest BCUT2D eigenvalue weighted by atomic mass is 10.1. The van der Waals surface area contributed by atoms with E-state index >= 15 is 0 Å². The summed E-state index contributed by atoms with van der Waals surface area (Å²) in [5.74, 6) is 0. The number of aryl methyl sites for hydroxylation is 1. The van der Waals surface area contributed by atoms with Crippen molar-refractivity contribution in [3.8, 4) is 0 Å². The number of hydrogen-bond donors (Lipinski definition) is 1. The Morgan fingerprint density at radius 3 is 2.85 bits per heavy atom. The van der Waals surface area contributed by atoms with E-state index in [1.807, 2.05) is 6.92 Å². The van der Waals surface area contributed by atoms with E-state index in [0.29, 0.717) is 10.4 Å². The van der Waals surface area contributed by atoms with Gasteiger partial charge in [-0.1, -0.05) is 17.7 Å². The zero-order valence-corrected chi connectivity index (χ0v) is 7.85. The molecule has 2 nitrogen and oxygen atoms in total. The Labute approximate surface area is 80.2 Å². The molecule has 0 aliphatic rings. The number of H-pyrrole nitrogens is 1. The Morgan fingerprint density at radius 2 is 2.15 bits per heavy atom. The first kappa shape index (κ1) is 8.32. The fraction of sp³-hybridized carbons (Fsp3) is 0.100. The van der Waals surface area contributed by atoms with Gasteiger partial charge in [-0.15, -0.1) is 0 Å². The van der Waals surface area contributed by atoms with Gasteiger partial charge in [0.2, 0.25) is 0 Å². The lowest BCUT2D eigenvalue weighted by molar-refractivity contribution is 1.24. The molecule has 66 valence electrons. The zero-order chi connectivity index (χ0) is 9.42. The predicted octanol–water partition coefficient (Wildman–Crippen LogP) is 2.49. The van der Waals surface area contributed by atoms with Gasteiger partial charge >= 0.3 is 0 Å². The summed E-state index contributed by atoms with van der Waals surface area (Å²) in [7, 11) is 0. The summed E-state index contributed by atoms with van der Waals surface area (Å²) in [5.41, 5.74) is 0.892. The largest absolute Gasteiger partial charge is 0.328 e. The van der Waals surface area contributed by atoms with Crippen LogP contribution in [0.4, 0.5) is 0 Å². The van der Waals surface area contributed by atoms with Crippen LogP contribution in [0.5, 0.6) is 0 Å².